The van der Waals surface area contributed by atoms with E-state index in [1.165, 1.54) is 5.01 Å². The molecule has 1 saturated heterocycles. The number of aromatic nitrogens is 3. The molecule has 7 nitrogen and oxygen atoms in total. The lowest BCUT2D eigenvalue weighted by molar-refractivity contribution is 0.157. The number of nitrogens with zero attached hydrogens (tertiary/aromatic N) is 4. The van der Waals surface area contributed by atoms with E-state index in [0.717, 1.165) is 25.9 Å². The minimum atomic E-state index is -0.0859. The minimum absolute atomic E-state index is 0.0859. The van der Waals surface area contributed by atoms with Crippen molar-refractivity contribution in [2.24, 2.45) is 0 Å². The highest BCUT2D eigenvalue weighted by Gasteiger charge is 2.25. The average Bonchev–Trinajstić information content (AvgIpc) is 3.27. The van der Waals surface area contributed by atoms with Gasteiger partial charge < -0.3 is 9.64 Å². The Morgan fingerprint density at radius 2 is 2.29 bits per heavy atom. The van der Waals surface area contributed by atoms with Gasteiger partial charge in [0.2, 0.25) is 0 Å². The van der Waals surface area contributed by atoms with Crippen LogP contribution in [0.2, 0.25) is 0 Å². The van der Waals surface area contributed by atoms with E-state index >= 15 is 0 Å². The number of carbonyl (C=O) groups is 1. The summed E-state index contributed by atoms with van der Waals surface area (Å²) in [5.41, 5.74) is 0. The van der Waals surface area contributed by atoms with Gasteiger partial charge in [0, 0.05) is 50.0 Å². The number of methoxy groups -OCH3 is 1. The Morgan fingerprint density at radius 3 is 2.96 bits per heavy atom. The molecule has 0 saturated carbocycles. The molecule has 1 atom stereocenters. The van der Waals surface area contributed by atoms with Crippen molar-refractivity contribution in [1.82, 2.24) is 19.7 Å². The Balaban J connectivity index is 1.51. The SMILES string of the molecule is COC[C@H](C)n1ccc(NC(=O)N2CCC(c3nccs3)CC2)n1. The molecule has 0 spiro atoms. The Morgan fingerprint density at radius 1 is 1.50 bits per heavy atom. The molecule has 1 N–H and O–H groups in total. The first-order valence-corrected chi connectivity index (χ1v) is 9.04. The summed E-state index contributed by atoms with van der Waals surface area (Å²) in [7, 11) is 1.66. The summed E-state index contributed by atoms with van der Waals surface area (Å²) in [6.07, 6.45) is 5.62. The minimum Gasteiger partial charge on any atom is -0.382 e. The van der Waals surface area contributed by atoms with Crippen molar-refractivity contribution in [3.63, 3.8) is 0 Å². The number of anilines is 1. The summed E-state index contributed by atoms with van der Waals surface area (Å²) < 4.78 is 6.92. The Kier molecular flexibility index (Phi) is 5.47. The third kappa shape index (κ3) is 3.93. The highest BCUT2D eigenvalue weighted by atomic mass is 32.1. The van der Waals surface area contributed by atoms with Crippen LogP contribution in [0.25, 0.3) is 0 Å². The van der Waals surface area contributed by atoms with Crippen LogP contribution in [0.1, 0.15) is 36.7 Å². The molecule has 3 rings (SSSR count). The molecule has 1 fully saturated rings. The monoisotopic (exact) mass is 349 g/mol. The largest absolute Gasteiger partial charge is 0.382 e. The average molecular weight is 349 g/mol. The lowest BCUT2D eigenvalue weighted by Gasteiger charge is -2.30. The van der Waals surface area contributed by atoms with Gasteiger partial charge in [-0.3, -0.25) is 10.00 Å². The second-order valence-electron chi connectivity index (χ2n) is 6.05. The summed E-state index contributed by atoms with van der Waals surface area (Å²) in [5, 5.41) is 10.5. The summed E-state index contributed by atoms with van der Waals surface area (Å²) in [5.74, 6) is 1.05. The van der Waals surface area contributed by atoms with E-state index in [4.69, 9.17) is 4.74 Å². The molecule has 2 aromatic rings. The van der Waals surface area contributed by atoms with Crippen LogP contribution in [0.3, 0.4) is 0 Å². The van der Waals surface area contributed by atoms with Crippen molar-refractivity contribution in [1.29, 1.82) is 0 Å². The van der Waals surface area contributed by atoms with E-state index in [2.05, 4.69) is 15.4 Å². The highest BCUT2D eigenvalue weighted by Crippen LogP contribution is 2.29. The van der Waals surface area contributed by atoms with Gasteiger partial charge in [0.25, 0.3) is 0 Å². The number of ether oxygens (including phenoxy) is 1. The number of rotatable bonds is 5. The smallest absolute Gasteiger partial charge is 0.323 e. The van der Waals surface area contributed by atoms with Crippen molar-refractivity contribution in [3.05, 3.63) is 28.8 Å². The molecule has 3 heterocycles. The van der Waals surface area contributed by atoms with Crippen molar-refractivity contribution in [2.45, 2.75) is 31.7 Å². The number of carbonyl (C=O) groups excluding carboxylic acids is 1. The predicted octanol–water partition coefficient (Wildman–Crippen LogP) is 2.96. The molecule has 1 aliphatic rings. The summed E-state index contributed by atoms with van der Waals surface area (Å²) in [6.45, 7) is 4.10. The van der Waals surface area contributed by atoms with Crippen LogP contribution in [0.4, 0.5) is 10.6 Å². The third-order valence-corrected chi connectivity index (χ3v) is 5.22. The quantitative estimate of drug-likeness (QED) is 0.901. The van der Waals surface area contributed by atoms with Crippen LogP contribution in [0.5, 0.6) is 0 Å². The van der Waals surface area contributed by atoms with E-state index in [1.54, 1.807) is 23.1 Å². The number of hydrogen-bond donors (Lipinski definition) is 1. The van der Waals surface area contributed by atoms with E-state index in [9.17, 15) is 4.79 Å². The van der Waals surface area contributed by atoms with Gasteiger partial charge in [-0.25, -0.2) is 9.78 Å². The fourth-order valence-electron chi connectivity index (χ4n) is 2.92. The lowest BCUT2D eigenvalue weighted by atomic mass is 9.98. The van der Waals surface area contributed by atoms with Gasteiger partial charge in [-0.1, -0.05) is 0 Å². The van der Waals surface area contributed by atoms with Crippen molar-refractivity contribution in [3.8, 4) is 0 Å². The van der Waals surface area contributed by atoms with Gasteiger partial charge in [0.05, 0.1) is 17.7 Å². The molecule has 1 aliphatic heterocycles. The predicted molar refractivity (Wildman–Crippen MR) is 93.5 cm³/mol. The standard InChI is InChI=1S/C16H23N5O2S/c1-12(11-23-2)21-9-5-14(19-21)18-16(22)20-7-3-13(4-8-20)15-17-6-10-24-15/h5-6,9-10,12-13H,3-4,7-8,11H2,1-2H3,(H,18,19,22)/t12-/m0/s1. The van der Waals surface area contributed by atoms with Gasteiger partial charge in [0.15, 0.2) is 5.82 Å². The normalized spacial score (nSPS) is 17.0. The molecule has 0 bridgehead atoms. The molecular formula is C16H23N5O2S. The van der Waals surface area contributed by atoms with Gasteiger partial charge in [-0.05, 0) is 19.8 Å². The molecule has 0 aromatic carbocycles. The zero-order valence-corrected chi connectivity index (χ0v) is 14.8. The first-order chi connectivity index (χ1) is 11.7. The van der Waals surface area contributed by atoms with Crippen LogP contribution in [-0.2, 0) is 4.74 Å². The van der Waals surface area contributed by atoms with Gasteiger partial charge in [-0.15, -0.1) is 11.3 Å². The summed E-state index contributed by atoms with van der Waals surface area (Å²) in [6, 6.07) is 1.86. The number of amides is 2. The van der Waals surface area contributed by atoms with Crippen molar-refractivity contribution in [2.75, 3.05) is 32.1 Å². The molecule has 130 valence electrons. The summed E-state index contributed by atoms with van der Waals surface area (Å²) >= 11 is 1.70. The van der Waals surface area contributed by atoms with Crippen LogP contribution in [0, 0.1) is 0 Å². The second-order valence-corrected chi connectivity index (χ2v) is 6.97. The molecule has 8 heteroatoms. The van der Waals surface area contributed by atoms with E-state index < -0.39 is 0 Å². The fourth-order valence-corrected chi connectivity index (χ4v) is 3.73. The topological polar surface area (TPSA) is 72.3 Å². The molecule has 24 heavy (non-hydrogen) atoms. The second kappa shape index (κ2) is 7.76. The van der Waals surface area contributed by atoms with Gasteiger partial charge in [-0.2, -0.15) is 5.10 Å². The molecule has 0 aliphatic carbocycles. The Hall–Kier alpha value is -1.93. The zero-order chi connectivity index (χ0) is 16.9. The molecular weight excluding hydrogens is 326 g/mol. The highest BCUT2D eigenvalue weighted by molar-refractivity contribution is 7.09. The maximum atomic E-state index is 12.4. The Bertz CT molecular complexity index is 649. The zero-order valence-electron chi connectivity index (χ0n) is 14.0. The van der Waals surface area contributed by atoms with Crippen LogP contribution in [0.15, 0.2) is 23.8 Å². The molecule has 2 amide bonds. The van der Waals surface area contributed by atoms with E-state index in [0.29, 0.717) is 18.3 Å². The number of hydrogen-bond acceptors (Lipinski definition) is 5. The van der Waals surface area contributed by atoms with Gasteiger partial charge in [0.1, 0.15) is 0 Å². The van der Waals surface area contributed by atoms with Crippen LogP contribution >= 0.6 is 11.3 Å². The maximum absolute atomic E-state index is 12.4. The number of nitrogens with one attached hydrogen (secondary N) is 1. The van der Waals surface area contributed by atoms with Crippen LogP contribution < -0.4 is 5.32 Å². The van der Waals surface area contributed by atoms with E-state index in [1.807, 2.05) is 35.7 Å². The number of urea groups is 1. The van der Waals surface area contributed by atoms with E-state index in [-0.39, 0.29) is 12.1 Å². The lowest BCUT2D eigenvalue weighted by Crippen LogP contribution is -2.40. The third-order valence-electron chi connectivity index (χ3n) is 4.29. The number of thiazole rings is 1. The first-order valence-electron chi connectivity index (χ1n) is 8.16. The van der Waals surface area contributed by atoms with Gasteiger partial charge >= 0.3 is 6.03 Å². The maximum Gasteiger partial charge on any atom is 0.323 e. The van der Waals surface area contributed by atoms with Crippen LogP contribution in [-0.4, -0.2) is 52.5 Å². The number of piperidine rings is 1. The summed E-state index contributed by atoms with van der Waals surface area (Å²) in [4.78, 5) is 18.6. The first kappa shape index (κ1) is 16.9. The fraction of sp³-hybridized carbons (Fsp3) is 0.562. The molecule has 0 unspecified atom stereocenters. The van der Waals surface area contributed by atoms with Crippen molar-refractivity contribution >= 4 is 23.2 Å². The molecule has 0 radical (unpaired) electrons. The Labute approximate surface area is 145 Å². The van der Waals surface area contributed by atoms with Crippen molar-refractivity contribution < 1.29 is 9.53 Å². The number of likely N-dealkylation sites (tertiary alicyclic amines) is 1. The molecule has 2 aromatic heterocycles.